The van der Waals surface area contributed by atoms with E-state index in [9.17, 15) is 9.59 Å². The summed E-state index contributed by atoms with van der Waals surface area (Å²) in [5, 5.41) is 0. The molecule has 2 heterocycles. The topological polar surface area (TPSA) is 56.8 Å². The first-order valence-corrected chi connectivity index (χ1v) is 9.34. The molecule has 1 aromatic heterocycles. The number of carbonyl (C=O) groups excluding carboxylic acids is 2. The Morgan fingerprint density at radius 3 is 2.33 bits per heavy atom. The van der Waals surface area contributed by atoms with Crippen molar-refractivity contribution in [1.82, 2.24) is 14.8 Å². The zero-order valence-electron chi connectivity index (χ0n) is 16.2. The highest BCUT2D eigenvalue weighted by Gasteiger charge is 2.24. The van der Waals surface area contributed by atoms with Gasteiger partial charge in [-0.25, -0.2) is 0 Å². The third-order valence-electron chi connectivity index (χ3n) is 4.92. The Balaban J connectivity index is 1.78. The summed E-state index contributed by atoms with van der Waals surface area (Å²) >= 11 is 0. The van der Waals surface area contributed by atoms with Crippen LogP contribution < -0.4 is 4.90 Å². The molecule has 0 radical (unpaired) electrons. The molecule has 2 amide bonds. The molecule has 0 N–H and O–H groups in total. The van der Waals surface area contributed by atoms with E-state index in [0.717, 1.165) is 17.9 Å². The molecule has 2 aromatic rings. The Morgan fingerprint density at radius 2 is 1.70 bits per heavy atom. The number of rotatable bonds is 4. The number of pyridine rings is 1. The zero-order chi connectivity index (χ0) is 19.4. The number of hydrogen-bond donors (Lipinski definition) is 0. The third kappa shape index (κ3) is 4.27. The van der Waals surface area contributed by atoms with E-state index in [0.29, 0.717) is 31.9 Å². The van der Waals surface area contributed by atoms with Crippen LogP contribution in [0.15, 0.2) is 42.6 Å². The van der Waals surface area contributed by atoms with Gasteiger partial charge in [-0.1, -0.05) is 12.1 Å². The van der Waals surface area contributed by atoms with Gasteiger partial charge in [0.1, 0.15) is 5.69 Å². The van der Waals surface area contributed by atoms with E-state index in [1.165, 1.54) is 5.56 Å². The molecule has 0 atom stereocenters. The molecule has 0 aliphatic carbocycles. The normalized spacial score (nSPS) is 14.2. The minimum Gasteiger partial charge on any atom is -0.342 e. The fourth-order valence-electron chi connectivity index (χ4n) is 3.40. The van der Waals surface area contributed by atoms with Gasteiger partial charge < -0.3 is 14.7 Å². The summed E-state index contributed by atoms with van der Waals surface area (Å²) in [6.07, 6.45) is 1.69. The highest BCUT2D eigenvalue weighted by molar-refractivity contribution is 5.93. The number of benzene rings is 1. The Kier molecular flexibility index (Phi) is 5.74. The molecular weight excluding hydrogens is 340 g/mol. The molecule has 3 rings (SSSR count). The monoisotopic (exact) mass is 366 g/mol. The van der Waals surface area contributed by atoms with E-state index in [1.54, 1.807) is 22.9 Å². The highest BCUT2D eigenvalue weighted by atomic mass is 16.2. The molecule has 142 valence electrons. The van der Waals surface area contributed by atoms with Crippen LogP contribution in [0.1, 0.15) is 29.9 Å². The van der Waals surface area contributed by atoms with E-state index in [1.807, 2.05) is 18.2 Å². The van der Waals surface area contributed by atoms with Crippen molar-refractivity contribution < 1.29 is 9.59 Å². The van der Waals surface area contributed by atoms with Gasteiger partial charge in [-0.05, 0) is 43.7 Å². The van der Waals surface area contributed by atoms with E-state index in [2.05, 4.69) is 41.9 Å². The molecule has 0 saturated carbocycles. The Morgan fingerprint density at radius 1 is 1.04 bits per heavy atom. The largest absolute Gasteiger partial charge is 0.342 e. The van der Waals surface area contributed by atoms with Crippen molar-refractivity contribution in [1.29, 1.82) is 0 Å². The summed E-state index contributed by atoms with van der Waals surface area (Å²) in [4.78, 5) is 34.3. The fourth-order valence-corrected chi connectivity index (χ4v) is 3.40. The number of carbonyl (C=O) groups is 2. The lowest BCUT2D eigenvalue weighted by molar-refractivity contribution is -0.130. The fraction of sp³-hybridized carbons (Fsp3) is 0.381. The minimum absolute atomic E-state index is 0.0546. The average Bonchev–Trinajstić information content (AvgIpc) is 2.68. The van der Waals surface area contributed by atoms with Crippen molar-refractivity contribution in [2.45, 2.75) is 20.8 Å². The van der Waals surface area contributed by atoms with Crippen LogP contribution in [-0.4, -0.2) is 59.3 Å². The molecule has 0 spiro atoms. The van der Waals surface area contributed by atoms with Crippen molar-refractivity contribution in [3.8, 4) is 0 Å². The van der Waals surface area contributed by atoms with Crippen LogP contribution in [0, 0.1) is 6.92 Å². The number of anilines is 2. The van der Waals surface area contributed by atoms with Crippen molar-refractivity contribution in [2.75, 3.05) is 37.6 Å². The molecule has 0 unspecified atom stereocenters. The summed E-state index contributed by atoms with van der Waals surface area (Å²) < 4.78 is 0. The number of nitrogens with zero attached hydrogens (tertiary/aromatic N) is 4. The first kappa shape index (κ1) is 18.9. The Labute approximate surface area is 160 Å². The maximum Gasteiger partial charge on any atom is 0.272 e. The van der Waals surface area contributed by atoms with Crippen LogP contribution in [0.3, 0.4) is 0 Å². The molecule has 0 bridgehead atoms. The summed E-state index contributed by atoms with van der Waals surface area (Å²) in [7, 11) is 0. The van der Waals surface area contributed by atoms with Gasteiger partial charge in [-0.3, -0.25) is 14.6 Å². The molecule has 1 aliphatic rings. The second-order valence-electron chi connectivity index (χ2n) is 6.78. The lowest BCUT2D eigenvalue weighted by Gasteiger charge is -2.34. The number of aromatic nitrogens is 1. The van der Waals surface area contributed by atoms with Crippen LogP contribution in [0.5, 0.6) is 0 Å². The standard InChI is InChI=1S/C21H26N4O2/c1-4-25(18-7-5-6-16(2)14-18)19-8-9-22-20(15-19)21(27)24-12-10-23(11-13-24)17(3)26/h5-9,14-15H,4,10-13H2,1-3H3. The van der Waals surface area contributed by atoms with Gasteiger partial charge in [-0.2, -0.15) is 0 Å². The first-order chi connectivity index (χ1) is 13.0. The van der Waals surface area contributed by atoms with Gasteiger partial charge in [0.15, 0.2) is 0 Å². The SMILES string of the molecule is CCN(c1cccc(C)c1)c1ccnc(C(=O)N2CCN(C(C)=O)CC2)c1. The maximum atomic E-state index is 12.9. The van der Waals surface area contributed by atoms with Gasteiger partial charge >= 0.3 is 0 Å². The predicted molar refractivity (Wildman–Crippen MR) is 106 cm³/mol. The van der Waals surface area contributed by atoms with Gasteiger partial charge in [0.05, 0.1) is 0 Å². The van der Waals surface area contributed by atoms with Crippen LogP contribution in [0.25, 0.3) is 0 Å². The van der Waals surface area contributed by atoms with Gasteiger partial charge in [0.25, 0.3) is 5.91 Å². The van der Waals surface area contributed by atoms with Gasteiger partial charge in [-0.15, -0.1) is 0 Å². The van der Waals surface area contributed by atoms with Crippen molar-refractivity contribution in [2.24, 2.45) is 0 Å². The quantitative estimate of drug-likeness (QED) is 0.835. The minimum atomic E-state index is -0.0830. The number of amides is 2. The molecule has 1 aromatic carbocycles. The molecule has 1 saturated heterocycles. The van der Waals surface area contributed by atoms with E-state index < -0.39 is 0 Å². The van der Waals surface area contributed by atoms with E-state index >= 15 is 0 Å². The maximum absolute atomic E-state index is 12.9. The van der Waals surface area contributed by atoms with Crippen LogP contribution in [0.2, 0.25) is 0 Å². The second-order valence-corrected chi connectivity index (χ2v) is 6.78. The predicted octanol–water partition coefficient (Wildman–Crippen LogP) is 2.85. The zero-order valence-corrected chi connectivity index (χ0v) is 16.2. The van der Waals surface area contributed by atoms with Crippen molar-refractivity contribution in [3.05, 3.63) is 53.9 Å². The van der Waals surface area contributed by atoms with E-state index in [-0.39, 0.29) is 11.8 Å². The summed E-state index contributed by atoms with van der Waals surface area (Å²) in [6, 6.07) is 12.1. The molecule has 1 fully saturated rings. The summed E-state index contributed by atoms with van der Waals surface area (Å²) in [6.45, 7) is 8.74. The smallest absolute Gasteiger partial charge is 0.272 e. The number of aryl methyl sites for hydroxylation is 1. The first-order valence-electron chi connectivity index (χ1n) is 9.34. The number of piperazine rings is 1. The van der Waals surface area contributed by atoms with Crippen LogP contribution >= 0.6 is 0 Å². The summed E-state index contributed by atoms with van der Waals surface area (Å²) in [5.74, 6) is -0.0284. The lowest BCUT2D eigenvalue weighted by atomic mass is 10.2. The second kappa shape index (κ2) is 8.20. The Hall–Kier alpha value is -2.89. The molecule has 1 aliphatic heterocycles. The van der Waals surface area contributed by atoms with Crippen molar-refractivity contribution in [3.63, 3.8) is 0 Å². The van der Waals surface area contributed by atoms with Gasteiger partial charge in [0, 0.05) is 57.2 Å². The lowest BCUT2D eigenvalue weighted by Crippen LogP contribution is -2.50. The Bertz CT molecular complexity index is 828. The molecule has 27 heavy (non-hydrogen) atoms. The van der Waals surface area contributed by atoms with Crippen LogP contribution in [-0.2, 0) is 4.79 Å². The summed E-state index contributed by atoms with van der Waals surface area (Å²) in [5.41, 5.74) is 3.68. The van der Waals surface area contributed by atoms with E-state index in [4.69, 9.17) is 0 Å². The average molecular weight is 366 g/mol. The molecular formula is C21H26N4O2. The third-order valence-corrected chi connectivity index (χ3v) is 4.92. The number of hydrogen-bond acceptors (Lipinski definition) is 4. The highest BCUT2D eigenvalue weighted by Crippen LogP contribution is 2.26. The molecule has 6 heteroatoms. The molecule has 6 nitrogen and oxygen atoms in total. The van der Waals surface area contributed by atoms with Crippen molar-refractivity contribution >= 4 is 23.2 Å². The van der Waals surface area contributed by atoms with Crippen LogP contribution in [0.4, 0.5) is 11.4 Å². The van der Waals surface area contributed by atoms with Gasteiger partial charge in [0.2, 0.25) is 5.91 Å².